The van der Waals surface area contributed by atoms with E-state index in [-0.39, 0.29) is 0 Å². The summed E-state index contributed by atoms with van der Waals surface area (Å²) in [4.78, 5) is 15.5. The van der Waals surface area contributed by atoms with Crippen molar-refractivity contribution in [3.8, 4) is 0 Å². The second kappa shape index (κ2) is 5.50. The minimum atomic E-state index is 0.833. The number of H-pyrrole nitrogens is 1. The molecule has 0 aliphatic heterocycles. The quantitative estimate of drug-likeness (QED) is 0.777. The summed E-state index contributed by atoms with van der Waals surface area (Å²) in [5.41, 5.74) is 0. The van der Waals surface area contributed by atoms with Gasteiger partial charge in [0.25, 0.3) is 0 Å². The van der Waals surface area contributed by atoms with E-state index in [1.807, 2.05) is 6.07 Å². The van der Waals surface area contributed by atoms with E-state index in [2.05, 4.69) is 32.2 Å². The SMILES string of the molecule is CCCNc1cc(Sc2ncc[nH]2)ncn1. The maximum absolute atomic E-state index is 4.17. The summed E-state index contributed by atoms with van der Waals surface area (Å²) >= 11 is 1.48. The first-order valence-electron chi connectivity index (χ1n) is 5.11. The Labute approximate surface area is 98.1 Å². The van der Waals surface area contributed by atoms with Gasteiger partial charge in [-0.05, 0) is 18.2 Å². The van der Waals surface area contributed by atoms with Crippen LogP contribution in [-0.2, 0) is 0 Å². The van der Waals surface area contributed by atoms with E-state index in [1.165, 1.54) is 11.8 Å². The highest BCUT2D eigenvalue weighted by atomic mass is 32.2. The fourth-order valence-electron chi connectivity index (χ4n) is 1.15. The molecule has 84 valence electrons. The first-order chi connectivity index (χ1) is 7.88. The molecular formula is C10H13N5S. The molecule has 0 unspecified atom stereocenters. The molecule has 0 radical (unpaired) electrons. The van der Waals surface area contributed by atoms with Crippen molar-refractivity contribution in [3.63, 3.8) is 0 Å². The van der Waals surface area contributed by atoms with Crippen molar-refractivity contribution in [1.29, 1.82) is 0 Å². The number of nitrogens with zero attached hydrogens (tertiary/aromatic N) is 3. The monoisotopic (exact) mass is 235 g/mol. The molecule has 0 aromatic carbocycles. The molecule has 2 rings (SSSR count). The first kappa shape index (κ1) is 10.9. The average molecular weight is 235 g/mol. The fourth-order valence-corrected chi connectivity index (χ4v) is 1.86. The number of aromatic amines is 1. The Morgan fingerprint density at radius 1 is 1.38 bits per heavy atom. The van der Waals surface area contributed by atoms with Crippen molar-refractivity contribution in [2.45, 2.75) is 23.5 Å². The van der Waals surface area contributed by atoms with Crippen molar-refractivity contribution < 1.29 is 0 Å². The third-order valence-corrected chi connectivity index (χ3v) is 2.72. The van der Waals surface area contributed by atoms with Gasteiger partial charge in [-0.15, -0.1) is 0 Å². The van der Waals surface area contributed by atoms with E-state index < -0.39 is 0 Å². The number of aromatic nitrogens is 4. The second-order valence-electron chi connectivity index (χ2n) is 3.16. The fraction of sp³-hybridized carbons (Fsp3) is 0.300. The highest BCUT2D eigenvalue weighted by Crippen LogP contribution is 2.23. The number of anilines is 1. The van der Waals surface area contributed by atoms with Crippen LogP contribution in [0.25, 0.3) is 0 Å². The average Bonchev–Trinajstić information content (AvgIpc) is 2.80. The Hall–Kier alpha value is -1.56. The van der Waals surface area contributed by atoms with Crippen LogP contribution < -0.4 is 5.32 Å². The largest absolute Gasteiger partial charge is 0.370 e. The minimum Gasteiger partial charge on any atom is -0.370 e. The molecule has 0 aliphatic carbocycles. The van der Waals surface area contributed by atoms with E-state index in [0.717, 1.165) is 29.0 Å². The van der Waals surface area contributed by atoms with Crippen LogP contribution in [0.4, 0.5) is 5.82 Å². The predicted octanol–water partition coefficient (Wildman–Crippen LogP) is 2.17. The minimum absolute atomic E-state index is 0.833. The normalized spacial score (nSPS) is 10.3. The molecule has 0 fully saturated rings. The Morgan fingerprint density at radius 3 is 3.06 bits per heavy atom. The maximum atomic E-state index is 4.17. The summed E-state index contributed by atoms with van der Waals surface area (Å²) < 4.78 is 0. The van der Waals surface area contributed by atoms with Crippen LogP contribution in [0.5, 0.6) is 0 Å². The zero-order valence-corrected chi connectivity index (χ0v) is 9.79. The lowest BCUT2D eigenvalue weighted by atomic mass is 10.4. The lowest BCUT2D eigenvalue weighted by Crippen LogP contribution is -2.02. The molecule has 0 saturated heterocycles. The molecule has 2 heterocycles. The Morgan fingerprint density at radius 2 is 2.31 bits per heavy atom. The highest BCUT2D eigenvalue weighted by Gasteiger charge is 2.02. The van der Waals surface area contributed by atoms with Gasteiger partial charge in [-0.3, -0.25) is 0 Å². The highest BCUT2D eigenvalue weighted by molar-refractivity contribution is 7.99. The van der Waals surface area contributed by atoms with Gasteiger partial charge in [0.05, 0.1) is 0 Å². The van der Waals surface area contributed by atoms with Crippen LogP contribution >= 0.6 is 11.8 Å². The first-order valence-corrected chi connectivity index (χ1v) is 5.93. The van der Waals surface area contributed by atoms with E-state index in [1.54, 1.807) is 18.7 Å². The predicted molar refractivity (Wildman–Crippen MR) is 63.5 cm³/mol. The van der Waals surface area contributed by atoms with E-state index in [0.29, 0.717) is 0 Å². The molecule has 0 spiro atoms. The van der Waals surface area contributed by atoms with E-state index in [4.69, 9.17) is 0 Å². The zero-order chi connectivity index (χ0) is 11.2. The third kappa shape index (κ3) is 2.96. The molecule has 0 atom stereocenters. The smallest absolute Gasteiger partial charge is 0.171 e. The van der Waals surface area contributed by atoms with Crippen molar-refractivity contribution in [3.05, 3.63) is 24.8 Å². The maximum Gasteiger partial charge on any atom is 0.171 e. The molecule has 2 aromatic rings. The van der Waals surface area contributed by atoms with Gasteiger partial charge in [0, 0.05) is 25.0 Å². The topological polar surface area (TPSA) is 66.5 Å². The Balaban J connectivity index is 2.04. The van der Waals surface area contributed by atoms with Crippen LogP contribution in [0.2, 0.25) is 0 Å². The standard InChI is InChI=1S/C10H13N5S/c1-2-3-11-8-6-9(15-7-14-8)16-10-12-4-5-13-10/h4-7H,2-3H2,1H3,(H,12,13)(H,11,14,15). The number of hydrogen-bond acceptors (Lipinski definition) is 5. The molecule has 2 aromatic heterocycles. The van der Waals surface area contributed by atoms with Crippen molar-refractivity contribution in [2.75, 3.05) is 11.9 Å². The summed E-state index contributed by atoms with van der Waals surface area (Å²) in [7, 11) is 0. The van der Waals surface area contributed by atoms with Gasteiger partial charge in [-0.25, -0.2) is 15.0 Å². The lowest BCUT2D eigenvalue weighted by molar-refractivity contribution is 0.951. The number of imidazole rings is 1. The molecule has 0 amide bonds. The van der Waals surface area contributed by atoms with Gasteiger partial charge in [0.1, 0.15) is 17.2 Å². The molecule has 2 N–H and O–H groups in total. The lowest BCUT2D eigenvalue weighted by Gasteiger charge is -2.04. The summed E-state index contributed by atoms with van der Waals surface area (Å²) in [6.07, 6.45) is 6.15. The van der Waals surface area contributed by atoms with Crippen molar-refractivity contribution >= 4 is 17.6 Å². The Kier molecular flexibility index (Phi) is 3.76. The van der Waals surface area contributed by atoms with Crippen LogP contribution in [-0.4, -0.2) is 26.5 Å². The molecular weight excluding hydrogens is 222 g/mol. The third-order valence-electron chi connectivity index (χ3n) is 1.87. The molecule has 5 nitrogen and oxygen atoms in total. The Bertz CT molecular complexity index is 429. The van der Waals surface area contributed by atoms with E-state index in [9.17, 15) is 0 Å². The van der Waals surface area contributed by atoms with Gasteiger partial charge < -0.3 is 10.3 Å². The molecule has 6 heteroatoms. The van der Waals surface area contributed by atoms with Gasteiger partial charge in [-0.1, -0.05) is 6.92 Å². The van der Waals surface area contributed by atoms with Crippen LogP contribution in [0, 0.1) is 0 Å². The number of rotatable bonds is 5. The number of nitrogens with one attached hydrogen (secondary N) is 2. The van der Waals surface area contributed by atoms with Crippen LogP contribution in [0.15, 0.2) is 35.0 Å². The van der Waals surface area contributed by atoms with E-state index >= 15 is 0 Å². The van der Waals surface area contributed by atoms with Gasteiger partial charge in [0.15, 0.2) is 5.16 Å². The van der Waals surface area contributed by atoms with Gasteiger partial charge in [0.2, 0.25) is 0 Å². The van der Waals surface area contributed by atoms with Crippen LogP contribution in [0.3, 0.4) is 0 Å². The van der Waals surface area contributed by atoms with Gasteiger partial charge in [-0.2, -0.15) is 0 Å². The second-order valence-corrected chi connectivity index (χ2v) is 4.17. The molecule has 16 heavy (non-hydrogen) atoms. The number of hydrogen-bond donors (Lipinski definition) is 2. The zero-order valence-electron chi connectivity index (χ0n) is 8.97. The summed E-state index contributed by atoms with van der Waals surface area (Å²) in [6.45, 7) is 3.04. The molecule has 0 bridgehead atoms. The van der Waals surface area contributed by atoms with Crippen molar-refractivity contribution in [2.24, 2.45) is 0 Å². The summed E-state index contributed by atoms with van der Waals surface area (Å²) in [5, 5.41) is 4.93. The summed E-state index contributed by atoms with van der Waals surface area (Å²) in [5.74, 6) is 0.853. The van der Waals surface area contributed by atoms with Crippen LogP contribution in [0.1, 0.15) is 13.3 Å². The summed E-state index contributed by atoms with van der Waals surface area (Å²) in [6, 6.07) is 1.92. The molecule has 0 aliphatic rings. The van der Waals surface area contributed by atoms with Gasteiger partial charge >= 0.3 is 0 Å². The molecule has 0 saturated carbocycles. The van der Waals surface area contributed by atoms with Crippen molar-refractivity contribution in [1.82, 2.24) is 19.9 Å².